The molecule has 0 spiro atoms. The maximum absolute atomic E-state index is 13.1. The number of benzene rings is 3. The van der Waals surface area contributed by atoms with Gasteiger partial charge in [0.25, 0.3) is 0 Å². The smallest absolute Gasteiger partial charge is 0.227 e. The van der Waals surface area contributed by atoms with Crippen LogP contribution < -0.4 is 9.64 Å². The van der Waals surface area contributed by atoms with Gasteiger partial charge in [0.2, 0.25) is 5.91 Å². The highest BCUT2D eigenvalue weighted by Crippen LogP contribution is 2.35. The average molecular weight is 496 g/mol. The number of anilines is 1. The first-order valence-corrected chi connectivity index (χ1v) is 13.4. The van der Waals surface area contributed by atoms with Gasteiger partial charge in [-0.15, -0.1) is 0 Å². The zero-order chi connectivity index (χ0) is 26.1. The summed E-state index contributed by atoms with van der Waals surface area (Å²) < 4.78 is 8.58. The molecule has 5 rings (SSSR count). The highest BCUT2D eigenvalue weighted by molar-refractivity contribution is 5.97. The van der Waals surface area contributed by atoms with E-state index in [4.69, 9.17) is 9.72 Å². The Bertz CT molecular complexity index is 1440. The fourth-order valence-electron chi connectivity index (χ4n) is 5.51. The second-order valence-corrected chi connectivity index (χ2v) is 10.7. The second-order valence-electron chi connectivity index (χ2n) is 10.7. The van der Waals surface area contributed by atoms with E-state index in [0.29, 0.717) is 25.5 Å². The molecule has 4 aromatic rings. The van der Waals surface area contributed by atoms with Gasteiger partial charge in [-0.3, -0.25) is 4.79 Å². The number of imidazole rings is 1. The molecule has 0 aliphatic carbocycles. The summed E-state index contributed by atoms with van der Waals surface area (Å²) in [5.74, 6) is 2.63. The molecule has 3 aromatic carbocycles. The first kappa shape index (κ1) is 25.1. The van der Waals surface area contributed by atoms with Crippen molar-refractivity contribution in [3.8, 4) is 5.75 Å². The van der Waals surface area contributed by atoms with Crippen molar-refractivity contribution in [2.24, 2.45) is 0 Å². The van der Waals surface area contributed by atoms with Crippen molar-refractivity contribution in [2.45, 2.75) is 65.8 Å². The number of para-hydroxylation sites is 2. The quantitative estimate of drug-likeness (QED) is 0.246. The van der Waals surface area contributed by atoms with Crippen LogP contribution in [0.4, 0.5) is 5.69 Å². The fourth-order valence-corrected chi connectivity index (χ4v) is 5.51. The monoisotopic (exact) mass is 495 g/mol. The highest BCUT2D eigenvalue weighted by Gasteiger charge is 2.35. The fraction of sp³-hybridized carbons (Fsp3) is 0.375. The van der Waals surface area contributed by atoms with Gasteiger partial charge >= 0.3 is 0 Å². The van der Waals surface area contributed by atoms with Crippen molar-refractivity contribution in [1.82, 2.24) is 9.55 Å². The van der Waals surface area contributed by atoms with E-state index in [9.17, 15) is 4.79 Å². The van der Waals surface area contributed by atoms with E-state index in [0.717, 1.165) is 46.8 Å². The maximum atomic E-state index is 13.1. The van der Waals surface area contributed by atoms with Crippen LogP contribution in [0.1, 0.15) is 66.6 Å². The molecule has 192 valence electrons. The molecule has 0 radical (unpaired) electrons. The van der Waals surface area contributed by atoms with Crippen LogP contribution in [0, 0.1) is 20.8 Å². The molecule has 1 saturated heterocycles. The van der Waals surface area contributed by atoms with Gasteiger partial charge < -0.3 is 14.2 Å². The Balaban J connectivity index is 1.35. The predicted octanol–water partition coefficient (Wildman–Crippen LogP) is 7.07. The summed E-state index contributed by atoms with van der Waals surface area (Å²) in [6.45, 7) is 12.8. The van der Waals surface area contributed by atoms with E-state index in [1.54, 1.807) is 0 Å². The number of nitrogens with zero attached hydrogens (tertiary/aromatic N) is 3. The number of aryl methyl sites for hydroxylation is 4. The second kappa shape index (κ2) is 10.4. The molecular weight excluding hydrogens is 458 g/mol. The lowest BCUT2D eigenvalue weighted by Crippen LogP contribution is -2.25. The van der Waals surface area contributed by atoms with Gasteiger partial charge in [0, 0.05) is 31.1 Å². The molecule has 1 fully saturated rings. The van der Waals surface area contributed by atoms with Crippen molar-refractivity contribution in [3.63, 3.8) is 0 Å². The molecular formula is C32H37N3O2. The van der Waals surface area contributed by atoms with Crippen LogP contribution in [0.2, 0.25) is 0 Å². The number of hydrogen-bond donors (Lipinski definition) is 0. The lowest BCUT2D eigenvalue weighted by atomic mass is 10.0. The molecule has 1 aromatic heterocycles. The minimum Gasteiger partial charge on any atom is -0.493 e. The molecule has 5 nitrogen and oxygen atoms in total. The summed E-state index contributed by atoms with van der Waals surface area (Å²) in [4.78, 5) is 20.1. The maximum Gasteiger partial charge on any atom is 0.227 e. The van der Waals surface area contributed by atoms with Gasteiger partial charge in [0.05, 0.1) is 17.6 Å². The Kier molecular flexibility index (Phi) is 7.05. The van der Waals surface area contributed by atoms with Crippen molar-refractivity contribution in [1.29, 1.82) is 0 Å². The third-order valence-electron chi connectivity index (χ3n) is 7.39. The molecule has 37 heavy (non-hydrogen) atoms. The first-order chi connectivity index (χ1) is 17.8. The number of aromatic nitrogens is 2. The third-order valence-corrected chi connectivity index (χ3v) is 7.39. The van der Waals surface area contributed by atoms with E-state index < -0.39 is 0 Å². The Morgan fingerprint density at radius 3 is 2.54 bits per heavy atom. The van der Waals surface area contributed by atoms with Crippen molar-refractivity contribution < 1.29 is 9.53 Å². The lowest BCUT2D eigenvalue weighted by Gasteiger charge is -2.20. The topological polar surface area (TPSA) is 47.4 Å². The molecule has 5 heteroatoms. The minimum absolute atomic E-state index is 0.0610. The predicted molar refractivity (Wildman–Crippen MR) is 151 cm³/mol. The number of amides is 1. The summed E-state index contributed by atoms with van der Waals surface area (Å²) in [5.41, 5.74) is 7.91. The molecule has 1 aliphatic rings. The summed E-state index contributed by atoms with van der Waals surface area (Å²) >= 11 is 0. The van der Waals surface area contributed by atoms with Gasteiger partial charge in [-0.2, -0.15) is 0 Å². The van der Waals surface area contributed by atoms with Gasteiger partial charge in [-0.1, -0.05) is 55.8 Å². The normalized spacial score (nSPS) is 15.8. The van der Waals surface area contributed by atoms with Gasteiger partial charge in [-0.25, -0.2) is 4.98 Å². The number of ether oxygens (including phenoxy) is 1. The zero-order valence-electron chi connectivity index (χ0n) is 22.6. The Morgan fingerprint density at radius 1 is 1.00 bits per heavy atom. The molecule has 1 atom stereocenters. The van der Waals surface area contributed by atoms with Gasteiger partial charge in [-0.05, 0) is 74.1 Å². The van der Waals surface area contributed by atoms with Crippen molar-refractivity contribution in [2.75, 3.05) is 18.1 Å². The Labute approximate surface area is 220 Å². The SMILES string of the molecule is Cc1ccc(N2CC(c3nc4ccccc4n3CCCOc3cc(C)ccc3C(C)C)CC2=O)c(C)c1. The van der Waals surface area contributed by atoms with Crippen LogP contribution in [-0.2, 0) is 11.3 Å². The van der Waals surface area contributed by atoms with E-state index >= 15 is 0 Å². The van der Waals surface area contributed by atoms with E-state index in [1.165, 1.54) is 16.7 Å². The first-order valence-electron chi connectivity index (χ1n) is 13.4. The summed E-state index contributed by atoms with van der Waals surface area (Å²) in [5, 5.41) is 0. The molecule has 1 amide bonds. The van der Waals surface area contributed by atoms with Crippen molar-refractivity contribution in [3.05, 3.63) is 88.7 Å². The summed E-state index contributed by atoms with van der Waals surface area (Å²) in [6.07, 6.45) is 1.34. The van der Waals surface area contributed by atoms with Crippen LogP contribution in [0.25, 0.3) is 11.0 Å². The number of rotatable bonds is 8. The van der Waals surface area contributed by atoms with Crippen LogP contribution in [0.15, 0.2) is 60.7 Å². The molecule has 0 saturated carbocycles. The van der Waals surface area contributed by atoms with E-state index in [2.05, 4.69) is 93.8 Å². The zero-order valence-corrected chi connectivity index (χ0v) is 22.6. The summed E-state index contributed by atoms with van der Waals surface area (Å²) in [7, 11) is 0. The number of carbonyl (C=O) groups excluding carboxylic acids is 1. The third kappa shape index (κ3) is 5.13. The van der Waals surface area contributed by atoms with E-state index in [-0.39, 0.29) is 11.8 Å². The minimum atomic E-state index is 0.0610. The van der Waals surface area contributed by atoms with Crippen LogP contribution in [-0.4, -0.2) is 28.6 Å². The van der Waals surface area contributed by atoms with Gasteiger partial charge in [0.1, 0.15) is 11.6 Å². The Hall–Kier alpha value is -3.60. The lowest BCUT2D eigenvalue weighted by molar-refractivity contribution is -0.117. The van der Waals surface area contributed by atoms with Crippen LogP contribution in [0.5, 0.6) is 5.75 Å². The molecule has 1 aliphatic heterocycles. The van der Waals surface area contributed by atoms with Crippen molar-refractivity contribution >= 4 is 22.6 Å². The average Bonchev–Trinajstić information content (AvgIpc) is 3.42. The summed E-state index contributed by atoms with van der Waals surface area (Å²) in [6, 6.07) is 21.0. The molecule has 2 heterocycles. The number of fused-ring (bicyclic) bond motifs is 1. The number of carbonyl (C=O) groups is 1. The van der Waals surface area contributed by atoms with Crippen LogP contribution >= 0.6 is 0 Å². The highest BCUT2D eigenvalue weighted by atomic mass is 16.5. The number of hydrogen-bond acceptors (Lipinski definition) is 3. The molecule has 0 bridgehead atoms. The van der Waals surface area contributed by atoms with Gasteiger partial charge in [0.15, 0.2) is 0 Å². The molecule has 0 N–H and O–H groups in total. The largest absolute Gasteiger partial charge is 0.493 e. The standard InChI is InChI=1S/C32H37N3O2/c1-21(2)26-13-11-23(4)18-30(26)37-16-8-15-34-29-10-7-6-9-27(29)33-32(34)25-19-31(36)35(20-25)28-14-12-22(3)17-24(28)5/h6-7,9-14,17-18,21,25H,8,15-16,19-20H2,1-5H3. The van der Waals surface area contributed by atoms with Crippen LogP contribution in [0.3, 0.4) is 0 Å². The van der Waals surface area contributed by atoms with E-state index in [1.807, 2.05) is 11.0 Å². The molecule has 1 unspecified atom stereocenters. The Morgan fingerprint density at radius 2 is 1.76 bits per heavy atom.